The Hall–Kier alpha value is -2.04. The SMILES string of the molecule is COc1cc(CCNCC(O)c2ccccc2)cc(C)c1OC. The molecule has 124 valence electrons. The highest BCUT2D eigenvalue weighted by Crippen LogP contribution is 2.32. The van der Waals surface area contributed by atoms with Crippen molar-refractivity contribution in [3.63, 3.8) is 0 Å². The lowest BCUT2D eigenvalue weighted by molar-refractivity contribution is 0.175. The highest BCUT2D eigenvalue weighted by Gasteiger charge is 2.10. The average Bonchev–Trinajstić information content (AvgIpc) is 2.58. The Bertz CT molecular complexity index is 614. The molecule has 0 radical (unpaired) electrons. The zero-order chi connectivity index (χ0) is 16.7. The second-order valence-corrected chi connectivity index (χ2v) is 5.53. The van der Waals surface area contributed by atoms with Gasteiger partial charge in [-0.3, -0.25) is 0 Å². The molecule has 1 atom stereocenters. The van der Waals surface area contributed by atoms with E-state index in [9.17, 15) is 5.11 Å². The van der Waals surface area contributed by atoms with Crippen molar-refractivity contribution in [3.05, 3.63) is 59.2 Å². The highest BCUT2D eigenvalue weighted by molar-refractivity contribution is 5.49. The lowest BCUT2D eigenvalue weighted by atomic mass is 10.1. The third kappa shape index (κ3) is 4.71. The minimum atomic E-state index is -0.483. The van der Waals surface area contributed by atoms with E-state index in [1.165, 1.54) is 5.56 Å². The third-order valence-electron chi connectivity index (χ3n) is 3.84. The number of aryl methyl sites for hydroxylation is 1. The van der Waals surface area contributed by atoms with E-state index in [0.29, 0.717) is 6.54 Å². The molecule has 2 N–H and O–H groups in total. The molecular formula is C19H25NO3. The van der Waals surface area contributed by atoms with E-state index in [-0.39, 0.29) is 0 Å². The van der Waals surface area contributed by atoms with Crippen molar-refractivity contribution in [1.82, 2.24) is 5.32 Å². The van der Waals surface area contributed by atoms with Crippen LogP contribution in [0.2, 0.25) is 0 Å². The first-order valence-electron chi connectivity index (χ1n) is 7.81. The van der Waals surface area contributed by atoms with Gasteiger partial charge in [0.25, 0.3) is 0 Å². The molecule has 0 aliphatic rings. The predicted octanol–water partition coefficient (Wildman–Crippen LogP) is 2.88. The summed E-state index contributed by atoms with van der Waals surface area (Å²) in [6, 6.07) is 13.8. The highest BCUT2D eigenvalue weighted by atomic mass is 16.5. The van der Waals surface area contributed by atoms with E-state index in [4.69, 9.17) is 9.47 Å². The molecule has 0 aliphatic carbocycles. The quantitative estimate of drug-likeness (QED) is 0.736. The molecule has 4 nitrogen and oxygen atoms in total. The van der Waals surface area contributed by atoms with Crippen molar-refractivity contribution in [2.24, 2.45) is 0 Å². The molecule has 0 amide bonds. The van der Waals surface area contributed by atoms with Crippen LogP contribution in [-0.4, -0.2) is 32.4 Å². The summed E-state index contributed by atoms with van der Waals surface area (Å²) in [5, 5.41) is 13.4. The fourth-order valence-electron chi connectivity index (χ4n) is 2.64. The third-order valence-corrected chi connectivity index (χ3v) is 3.84. The zero-order valence-electron chi connectivity index (χ0n) is 14.0. The number of benzene rings is 2. The minimum absolute atomic E-state index is 0.483. The predicted molar refractivity (Wildman–Crippen MR) is 92.3 cm³/mol. The van der Waals surface area contributed by atoms with Crippen LogP contribution in [-0.2, 0) is 6.42 Å². The molecule has 2 aromatic carbocycles. The first kappa shape index (κ1) is 17.3. The standard InChI is InChI=1S/C19H25NO3/c1-14-11-15(12-18(22-2)19(14)23-3)9-10-20-13-17(21)16-7-5-4-6-8-16/h4-8,11-12,17,20-21H,9-10,13H2,1-3H3. The smallest absolute Gasteiger partial charge is 0.163 e. The number of rotatable bonds is 8. The Morgan fingerprint density at radius 1 is 1.09 bits per heavy atom. The maximum Gasteiger partial charge on any atom is 0.163 e. The van der Waals surface area contributed by atoms with Gasteiger partial charge in [-0.05, 0) is 42.6 Å². The molecule has 1 unspecified atom stereocenters. The first-order chi connectivity index (χ1) is 11.2. The second kappa shape index (κ2) is 8.56. The molecule has 0 aliphatic heterocycles. The number of nitrogens with one attached hydrogen (secondary N) is 1. The van der Waals surface area contributed by atoms with Gasteiger partial charge in [0, 0.05) is 6.54 Å². The van der Waals surface area contributed by atoms with Crippen LogP contribution in [0, 0.1) is 6.92 Å². The molecule has 4 heteroatoms. The minimum Gasteiger partial charge on any atom is -0.493 e. The number of aliphatic hydroxyl groups is 1. The summed E-state index contributed by atoms with van der Waals surface area (Å²) in [6.07, 6.45) is 0.381. The van der Waals surface area contributed by atoms with E-state index in [2.05, 4.69) is 11.4 Å². The zero-order valence-corrected chi connectivity index (χ0v) is 14.0. The Labute approximate surface area is 138 Å². The van der Waals surface area contributed by atoms with E-state index in [1.54, 1.807) is 14.2 Å². The topological polar surface area (TPSA) is 50.7 Å². The molecule has 0 saturated carbocycles. The van der Waals surface area contributed by atoms with E-state index in [0.717, 1.165) is 35.6 Å². The van der Waals surface area contributed by atoms with Crippen molar-refractivity contribution in [1.29, 1.82) is 0 Å². The van der Waals surface area contributed by atoms with Gasteiger partial charge in [-0.1, -0.05) is 36.4 Å². The Morgan fingerprint density at radius 3 is 2.48 bits per heavy atom. The molecule has 0 spiro atoms. The molecule has 0 saturated heterocycles. The summed E-state index contributed by atoms with van der Waals surface area (Å²) in [6.45, 7) is 3.34. The summed E-state index contributed by atoms with van der Waals surface area (Å²) in [7, 11) is 3.30. The van der Waals surface area contributed by atoms with Gasteiger partial charge in [0.2, 0.25) is 0 Å². The van der Waals surface area contributed by atoms with Crippen LogP contribution in [0.1, 0.15) is 22.8 Å². The summed E-state index contributed by atoms with van der Waals surface area (Å²) in [4.78, 5) is 0. The summed E-state index contributed by atoms with van der Waals surface area (Å²) in [5.74, 6) is 1.54. The van der Waals surface area contributed by atoms with Gasteiger partial charge in [0.1, 0.15) is 0 Å². The van der Waals surface area contributed by atoms with Gasteiger partial charge >= 0.3 is 0 Å². The maximum atomic E-state index is 10.1. The Balaban J connectivity index is 1.86. The molecule has 0 heterocycles. The van der Waals surface area contributed by atoms with Crippen molar-refractivity contribution < 1.29 is 14.6 Å². The largest absolute Gasteiger partial charge is 0.493 e. The molecule has 0 bridgehead atoms. The summed E-state index contributed by atoms with van der Waals surface area (Å²) < 4.78 is 10.7. The van der Waals surface area contributed by atoms with Crippen molar-refractivity contribution in [3.8, 4) is 11.5 Å². The summed E-state index contributed by atoms with van der Waals surface area (Å²) >= 11 is 0. The first-order valence-corrected chi connectivity index (χ1v) is 7.81. The van der Waals surface area contributed by atoms with Gasteiger partial charge in [-0.25, -0.2) is 0 Å². The second-order valence-electron chi connectivity index (χ2n) is 5.53. The number of hydrogen-bond donors (Lipinski definition) is 2. The van der Waals surface area contributed by atoms with E-state index < -0.39 is 6.10 Å². The van der Waals surface area contributed by atoms with Gasteiger partial charge in [-0.15, -0.1) is 0 Å². The van der Waals surface area contributed by atoms with Crippen LogP contribution < -0.4 is 14.8 Å². The van der Waals surface area contributed by atoms with Crippen molar-refractivity contribution in [2.75, 3.05) is 27.3 Å². The molecule has 2 rings (SSSR count). The Morgan fingerprint density at radius 2 is 1.83 bits per heavy atom. The number of methoxy groups -OCH3 is 2. The van der Waals surface area contributed by atoms with Gasteiger partial charge in [0.05, 0.1) is 20.3 Å². The molecule has 23 heavy (non-hydrogen) atoms. The number of hydrogen-bond acceptors (Lipinski definition) is 4. The lowest BCUT2D eigenvalue weighted by Gasteiger charge is -2.14. The fraction of sp³-hybridized carbons (Fsp3) is 0.368. The molecule has 0 aromatic heterocycles. The number of ether oxygens (including phenoxy) is 2. The monoisotopic (exact) mass is 315 g/mol. The van der Waals surface area contributed by atoms with Gasteiger partial charge < -0.3 is 19.9 Å². The van der Waals surface area contributed by atoms with Crippen LogP contribution in [0.25, 0.3) is 0 Å². The van der Waals surface area contributed by atoms with Crippen molar-refractivity contribution >= 4 is 0 Å². The van der Waals surface area contributed by atoms with Crippen LogP contribution in [0.5, 0.6) is 11.5 Å². The van der Waals surface area contributed by atoms with Crippen LogP contribution in [0.4, 0.5) is 0 Å². The Kier molecular flexibility index (Phi) is 6.44. The fourth-order valence-corrected chi connectivity index (χ4v) is 2.64. The van der Waals surface area contributed by atoms with E-state index in [1.807, 2.05) is 43.3 Å². The van der Waals surface area contributed by atoms with Gasteiger partial charge in [0.15, 0.2) is 11.5 Å². The molecule has 0 fully saturated rings. The van der Waals surface area contributed by atoms with Crippen LogP contribution in [0.15, 0.2) is 42.5 Å². The average molecular weight is 315 g/mol. The van der Waals surface area contributed by atoms with Crippen molar-refractivity contribution in [2.45, 2.75) is 19.4 Å². The van der Waals surface area contributed by atoms with Crippen LogP contribution in [0.3, 0.4) is 0 Å². The number of aliphatic hydroxyl groups excluding tert-OH is 1. The normalized spacial score (nSPS) is 12.0. The molecule has 2 aromatic rings. The summed E-state index contributed by atoms with van der Waals surface area (Å²) in [5.41, 5.74) is 3.18. The lowest BCUT2D eigenvalue weighted by Crippen LogP contribution is -2.23. The van der Waals surface area contributed by atoms with E-state index >= 15 is 0 Å². The molecular weight excluding hydrogens is 290 g/mol. The maximum absolute atomic E-state index is 10.1. The van der Waals surface area contributed by atoms with Gasteiger partial charge in [-0.2, -0.15) is 0 Å². The van der Waals surface area contributed by atoms with Crippen LogP contribution >= 0.6 is 0 Å².